The molecule has 1 rings (SSSR count). The van der Waals surface area contributed by atoms with Crippen LogP contribution in [0.3, 0.4) is 0 Å². The van der Waals surface area contributed by atoms with E-state index in [2.05, 4.69) is 43.0 Å². The van der Waals surface area contributed by atoms with Gasteiger partial charge in [-0.2, -0.15) is 0 Å². The van der Waals surface area contributed by atoms with Crippen molar-refractivity contribution < 1.29 is 9.90 Å². The highest BCUT2D eigenvalue weighted by Gasteiger charge is 2.22. The Morgan fingerprint density at radius 1 is 1.50 bits per heavy atom. The van der Waals surface area contributed by atoms with Crippen LogP contribution in [0.4, 0.5) is 0 Å². The van der Waals surface area contributed by atoms with Crippen LogP contribution in [0, 0.1) is 0 Å². The summed E-state index contributed by atoms with van der Waals surface area (Å²) >= 11 is 1.67. The number of carboxylic acids is 1. The molecule has 0 bridgehead atoms. The summed E-state index contributed by atoms with van der Waals surface area (Å²) in [4.78, 5) is 17.4. The molecule has 0 aliphatic rings. The van der Waals surface area contributed by atoms with E-state index in [1.54, 1.807) is 11.3 Å². The van der Waals surface area contributed by atoms with Crippen LogP contribution in [-0.4, -0.2) is 33.0 Å². The van der Waals surface area contributed by atoms with E-state index in [1.807, 2.05) is 0 Å². The van der Waals surface area contributed by atoms with Gasteiger partial charge in [0.1, 0.15) is 0 Å². The maximum absolute atomic E-state index is 10.7. The molecule has 1 aromatic heterocycles. The minimum absolute atomic E-state index is 0.0502. The average Bonchev–Trinajstić information content (AvgIpc) is 2.70. The molecule has 18 heavy (non-hydrogen) atoms. The molecule has 1 heterocycles. The molecular weight excluding hydrogens is 248 g/mol. The number of aryl methyl sites for hydroxylation is 1. The maximum atomic E-state index is 10.7. The molecule has 0 aliphatic heterocycles. The second-order valence-electron chi connectivity index (χ2n) is 5.32. The van der Waals surface area contributed by atoms with Crippen LogP contribution in [0.1, 0.15) is 44.8 Å². The highest BCUT2D eigenvalue weighted by molar-refractivity contribution is 7.09. The molecule has 0 spiro atoms. The van der Waals surface area contributed by atoms with E-state index in [-0.39, 0.29) is 12.0 Å². The third-order valence-corrected chi connectivity index (χ3v) is 3.84. The van der Waals surface area contributed by atoms with Crippen molar-refractivity contribution in [2.75, 3.05) is 6.54 Å². The van der Waals surface area contributed by atoms with Gasteiger partial charge in [0, 0.05) is 24.0 Å². The number of rotatable bonds is 6. The number of carbonyl (C=O) groups is 1. The van der Waals surface area contributed by atoms with E-state index in [0.717, 1.165) is 17.1 Å². The van der Waals surface area contributed by atoms with Crippen LogP contribution in [0.5, 0.6) is 0 Å². The summed E-state index contributed by atoms with van der Waals surface area (Å²) in [5, 5.41) is 12.0. The molecule has 5 heteroatoms. The topological polar surface area (TPSA) is 53.4 Å². The molecule has 0 atom stereocenters. The molecule has 0 saturated heterocycles. The molecule has 0 aliphatic carbocycles. The molecule has 0 unspecified atom stereocenters. The Balaban J connectivity index is 2.68. The van der Waals surface area contributed by atoms with Gasteiger partial charge in [0.2, 0.25) is 0 Å². The van der Waals surface area contributed by atoms with E-state index in [9.17, 15) is 4.79 Å². The van der Waals surface area contributed by atoms with Crippen molar-refractivity contribution in [3.63, 3.8) is 0 Å². The van der Waals surface area contributed by atoms with E-state index in [0.29, 0.717) is 13.1 Å². The Labute approximate surface area is 113 Å². The lowest BCUT2D eigenvalue weighted by molar-refractivity contribution is -0.137. The predicted molar refractivity (Wildman–Crippen MR) is 73.9 cm³/mol. The Kier molecular flexibility index (Phi) is 5.28. The number of nitrogens with zero attached hydrogens (tertiary/aromatic N) is 2. The van der Waals surface area contributed by atoms with Gasteiger partial charge < -0.3 is 5.11 Å². The second kappa shape index (κ2) is 6.29. The van der Waals surface area contributed by atoms with Gasteiger partial charge in [0.05, 0.1) is 17.1 Å². The fourth-order valence-corrected chi connectivity index (χ4v) is 2.40. The number of aromatic nitrogens is 1. The number of carboxylic acid groups (broad SMARTS) is 1. The molecule has 1 aromatic rings. The first-order valence-electron chi connectivity index (χ1n) is 6.23. The Bertz CT molecular complexity index is 396. The van der Waals surface area contributed by atoms with Crippen molar-refractivity contribution in [1.82, 2.24) is 9.88 Å². The minimum Gasteiger partial charge on any atom is -0.481 e. The van der Waals surface area contributed by atoms with Gasteiger partial charge in [0.25, 0.3) is 0 Å². The van der Waals surface area contributed by atoms with Gasteiger partial charge >= 0.3 is 5.97 Å². The molecule has 0 radical (unpaired) electrons. The van der Waals surface area contributed by atoms with E-state index in [1.165, 1.54) is 0 Å². The summed E-state index contributed by atoms with van der Waals surface area (Å²) in [6.07, 6.45) is 1.12. The first kappa shape index (κ1) is 15.1. The molecule has 0 saturated carbocycles. The fraction of sp³-hybridized carbons (Fsp3) is 0.692. The van der Waals surface area contributed by atoms with Gasteiger partial charge in [-0.3, -0.25) is 9.69 Å². The zero-order valence-corrected chi connectivity index (χ0v) is 12.4. The van der Waals surface area contributed by atoms with Crippen molar-refractivity contribution in [3.8, 4) is 0 Å². The van der Waals surface area contributed by atoms with E-state index < -0.39 is 5.97 Å². The third-order valence-electron chi connectivity index (χ3n) is 2.80. The SMILES string of the molecule is CCc1nc(CN(CCC(=O)O)C(C)(C)C)cs1. The normalized spacial score (nSPS) is 12.1. The Morgan fingerprint density at radius 3 is 2.61 bits per heavy atom. The van der Waals surface area contributed by atoms with Crippen molar-refractivity contribution >= 4 is 17.3 Å². The summed E-state index contributed by atoms with van der Waals surface area (Å²) in [7, 11) is 0. The highest BCUT2D eigenvalue weighted by atomic mass is 32.1. The maximum Gasteiger partial charge on any atom is 0.304 e. The van der Waals surface area contributed by atoms with Crippen molar-refractivity contribution in [1.29, 1.82) is 0 Å². The average molecular weight is 270 g/mol. The summed E-state index contributed by atoms with van der Waals surface area (Å²) in [5.74, 6) is -0.753. The Hall–Kier alpha value is -0.940. The molecular formula is C13H22N2O2S. The number of hydrogen-bond acceptors (Lipinski definition) is 4. The van der Waals surface area contributed by atoms with Crippen LogP contribution in [0.2, 0.25) is 0 Å². The van der Waals surface area contributed by atoms with Crippen molar-refractivity contribution in [2.24, 2.45) is 0 Å². The first-order chi connectivity index (χ1) is 8.32. The fourth-order valence-electron chi connectivity index (χ4n) is 1.66. The minimum atomic E-state index is -0.753. The van der Waals surface area contributed by atoms with Gasteiger partial charge in [0.15, 0.2) is 0 Å². The van der Waals surface area contributed by atoms with Crippen LogP contribution in [0.15, 0.2) is 5.38 Å². The molecule has 102 valence electrons. The Morgan fingerprint density at radius 2 is 2.17 bits per heavy atom. The summed E-state index contributed by atoms with van der Waals surface area (Å²) in [5.41, 5.74) is 0.989. The summed E-state index contributed by atoms with van der Waals surface area (Å²) in [6.45, 7) is 9.66. The smallest absolute Gasteiger partial charge is 0.304 e. The second-order valence-corrected chi connectivity index (χ2v) is 6.26. The molecule has 1 N–H and O–H groups in total. The summed E-state index contributed by atoms with van der Waals surface area (Å²) < 4.78 is 0. The number of hydrogen-bond donors (Lipinski definition) is 1. The molecule has 0 fully saturated rings. The van der Waals surface area contributed by atoms with Crippen LogP contribution in [0.25, 0.3) is 0 Å². The van der Waals surface area contributed by atoms with E-state index in [4.69, 9.17) is 5.11 Å². The lowest BCUT2D eigenvalue weighted by Crippen LogP contribution is -2.42. The van der Waals surface area contributed by atoms with Gasteiger partial charge in [-0.1, -0.05) is 6.92 Å². The van der Waals surface area contributed by atoms with Crippen LogP contribution < -0.4 is 0 Å². The van der Waals surface area contributed by atoms with Crippen molar-refractivity contribution in [2.45, 2.75) is 52.6 Å². The lowest BCUT2D eigenvalue weighted by atomic mass is 10.1. The third kappa shape index (κ3) is 4.74. The van der Waals surface area contributed by atoms with Gasteiger partial charge in [-0.15, -0.1) is 11.3 Å². The number of thiazole rings is 1. The van der Waals surface area contributed by atoms with Gasteiger partial charge in [-0.05, 0) is 27.2 Å². The van der Waals surface area contributed by atoms with Crippen molar-refractivity contribution in [3.05, 3.63) is 16.1 Å². The monoisotopic (exact) mass is 270 g/mol. The lowest BCUT2D eigenvalue weighted by Gasteiger charge is -2.34. The zero-order chi connectivity index (χ0) is 13.8. The standard InChI is InChI=1S/C13H22N2O2S/c1-5-11-14-10(9-18-11)8-15(13(2,3)4)7-6-12(16)17/h9H,5-8H2,1-4H3,(H,16,17). The van der Waals surface area contributed by atoms with Gasteiger partial charge in [-0.25, -0.2) is 4.98 Å². The van der Waals surface area contributed by atoms with Crippen LogP contribution in [-0.2, 0) is 17.8 Å². The zero-order valence-electron chi connectivity index (χ0n) is 11.6. The quantitative estimate of drug-likeness (QED) is 0.863. The first-order valence-corrected chi connectivity index (χ1v) is 7.11. The molecule has 4 nitrogen and oxygen atoms in total. The predicted octanol–water partition coefficient (Wildman–Crippen LogP) is 2.78. The molecule has 0 amide bonds. The largest absolute Gasteiger partial charge is 0.481 e. The van der Waals surface area contributed by atoms with E-state index >= 15 is 0 Å². The molecule has 0 aromatic carbocycles. The van der Waals surface area contributed by atoms with Crippen LogP contribution >= 0.6 is 11.3 Å². The summed E-state index contributed by atoms with van der Waals surface area (Å²) in [6, 6.07) is 0. The number of aliphatic carboxylic acids is 1. The highest BCUT2D eigenvalue weighted by Crippen LogP contribution is 2.19.